The lowest BCUT2D eigenvalue weighted by Crippen LogP contribution is -2.17. The normalized spacial score (nSPS) is 15.7. The third-order valence-corrected chi connectivity index (χ3v) is 4.16. The van der Waals surface area contributed by atoms with E-state index in [2.05, 4.69) is 0 Å². The Morgan fingerprint density at radius 3 is 2.09 bits per heavy atom. The highest BCUT2D eigenvalue weighted by Crippen LogP contribution is 2.21. The molecule has 0 heterocycles. The number of rotatable bonds is 6. The van der Waals surface area contributed by atoms with Crippen molar-refractivity contribution in [2.45, 2.75) is 64.4 Å². The zero-order valence-electron chi connectivity index (χ0n) is 13.9. The maximum absolute atomic E-state index is 12.2. The number of unbranched alkanes of at least 4 members (excludes halogenated alkanes) is 1. The van der Waals surface area contributed by atoms with Crippen LogP contribution in [-0.2, 0) is 9.47 Å². The Hall–Kier alpha value is -1.84. The summed E-state index contributed by atoms with van der Waals surface area (Å²) in [6, 6.07) is 6.51. The second kappa shape index (κ2) is 9.33. The molecule has 4 nitrogen and oxygen atoms in total. The van der Waals surface area contributed by atoms with Crippen molar-refractivity contribution in [1.29, 1.82) is 0 Å². The van der Waals surface area contributed by atoms with E-state index in [9.17, 15) is 9.59 Å². The van der Waals surface area contributed by atoms with Gasteiger partial charge >= 0.3 is 11.9 Å². The minimum absolute atomic E-state index is 0.0312. The first-order valence-electron chi connectivity index (χ1n) is 8.69. The third kappa shape index (κ3) is 5.70. The number of ether oxygens (including phenoxy) is 2. The minimum atomic E-state index is -0.345. The fourth-order valence-electron chi connectivity index (χ4n) is 2.71. The van der Waals surface area contributed by atoms with Crippen LogP contribution in [0.25, 0.3) is 0 Å². The summed E-state index contributed by atoms with van der Waals surface area (Å²) in [5.41, 5.74) is 0.950. The topological polar surface area (TPSA) is 52.6 Å². The molecule has 1 fully saturated rings. The summed E-state index contributed by atoms with van der Waals surface area (Å²) < 4.78 is 10.7. The second-order valence-electron chi connectivity index (χ2n) is 6.09. The molecular formula is C19H26O4. The van der Waals surface area contributed by atoms with Crippen LogP contribution in [0.5, 0.6) is 0 Å². The molecule has 0 aromatic heterocycles. The van der Waals surface area contributed by atoms with Crippen molar-refractivity contribution < 1.29 is 19.1 Å². The monoisotopic (exact) mass is 318 g/mol. The summed E-state index contributed by atoms with van der Waals surface area (Å²) in [6.45, 7) is 2.48. The molecule has 0 atom stereocenters. The molecule has 0 saturated heterocycles. The molecule has 0 unspecified atom stereocenters. The SMILES string of the molecule is CCCCOC(=O)c1ccc(C(=O)OC2CCCCCC2)cc1. The Balaban J connectivity index is 1.87. The molecule has 126 valence electrons. The second-order valence-corrected chi connectivity index (χ2v) is 6.09. The summed E-state index contributed by atoms with van der Waals surface area (Å²) in [5, 5.41) is 0. The van der Waals surface area contributed by atoms with Crippen LogP contribution < -0.4 is 0 Å². The number of hydrogen-bond donors (Lipinski definition) is 0. The van der Waals surface area contributed by atoms with Crippen LogP contribution >= 0.6 is 0 Å². The van der Waals surface area contributed by atoms with Crippen LogP contribution in [0.15, 0.2) is 24.3 Å². The maximum Gasteiger partial charge on any atom is 0.338 e. The zero-order chi connectivity index (χ0) is 16.5. The van der Waals surface area contributed by atoms with Gasteiger partial charge in [-0.3, -0.25) is 0 Å². The van der Waals surface area contributed by atoms with Gasteiger partial charge in [0, 0.05) is 0 Å². The van der Waals surface area contributed by atoms with Gasteiger partial charge in [0.25, 0.3) is 0 Å². The number of hydrogen-bond acceptors (Lipinski definition) is 4. The standard InChI is InChI=1S/C19H26O4/c1-2-3-14-22-18(20)15-10-12-16(13-11-15)19(21)23-17-8-6-4-5-7-9-17/h10-13,17H,2-9,14H2,1H3. The largest absolute Gasteiger partial charge is 0.462 e. The smallest absolute Gasteiger partial charge is 0.338 e. The molecule has 2 rings (SSSR count). The van der Waals surface area contributed by atoms with Crippen molar-refractivity contribution in [3.8, 4) is 0 Å². The van der Waals surface area contributed by atoms with Crippen LogP contribution in [0.3, 0.4) is 0 Å². The van der Waals surface area contributed by atoms with Gasteiger partial charge in [0.15, 0.2) is 0 Å². The average molecular weight is 318 g/mol. The summed E-state index contributed by atoms with van der Waals surface area (Å²) in [6.07, 6.45) is 8.48. The number of carbonyl (C=O) groups excluding carboxylic acids is 2. The highest BCUT2D eigenvalue weighted by Gasteiger charge is 2.18. The van der Waals surface area contributed by atoms with Crippen molar-refractivity contribution in [2.24, 2.45) is 0 Å². The van der Waals surface area contributed by atoms with Gasteiger partial charge in [-0.1, -0.05) is 26.2 Å². The van der Waals surface area contributed by atoms with Gasteiger partial charge in [0.1, 0.15) is 6.10 Å². The van der Waals surface area contributed by atoms with E-state index in [0.29, 0.717) is 17.7 Å². The van der Waals surface area contributed by atoms with Crippen LogP contribution in [0.1, 0.15) is 79.0 Å². The van der Waals surface area contributed by atoms with Gasteiger partial charge in [-0.05, 0) is 56.4 Å². The van der Waals surface area contributed by atoms with Crippen LogP contribution in [0.2, 0.25) is 0 Å². The molecular weight excluding hydrogens is 292 g/mol. The fourth-order valence-corrected chi connectivity index (χ4v) is 2.71. The molecule has 0 N–H and O–H groups in total. The molecule has 1 saturated carbocycles. The van der Waals surface area contributed by atoms with E-state index < -0.39 is 0 Å². The van der Waals surface area contributed by atoms with Gasteiger partial charge in [-0.15, -0.1) is 0 Å². The minimum Gasteiger partial charge on any atom is -0.462 e. The van der Waals surface area contributed by atoms with Crippen molar-refractivity contribution in [2.75, 3.05) is 6.61 Å². The number of esters is 2. The molecule has 1 aromatic rings. The van der Waals surface area contributed by atoms with Crippen molar-refractivity contribution in [3.63, 3.8) is 0 Å². The summed E-state index contributed by atoms with van der Waals surface area (Å²) in [5.74, 6) is -0.648. The van der Waals surface area contributed by atoms with E-state index in [0.717, 1.165) is 38.5 Å². The molecule has 0 bridgehead atoms. The van der Waals surface area contributed by atoms with E-state index in [-0.39, 0.29) is 18.0 Å². The Morgan fingerprint density at radius 1 is 0.957 bits per heavy atom. The van der Waals surface area contributed by atoms with Gasteiger partial charge in [-0.25, -0.2) is 9.59 Å². The predicted molar refractivity (Wildman–Crippen MR) is 88.5 cm³/mol. The van der Waals surface area contributed by atoms with Crippen LogP contribution in [-0.4, -0.2) is 24.6 Å². The summed E-state index contributed by atoms with van der Waals surface area (Å²) in [7, 11) is 0. The Morgan fingerprint density at radius 2 is 1.52 bits per heavy atom. The van der Waals surface area contributed by atoms with Gasteiger partial charge < -0.3 is 9.47 Å². The number of benzene rings is 1. The van der Waals surface area contributed by atoms with E-state index in [1.807, 2.05) is 6.92 Å². The molecule has 1 aliphatic rings. The predicted octanol–water partition coefficient (Wildman–Crippen LogP) is 4.52. The van der Waals surface area contributed by atoms with Crippen molar-refractivity contribution in [3.05, 3.63) is 35.4 Å². The molecule has 0 radical (unpaired) electrons. The molecule has 4 heteroatoms. The van der Waals surface area contributed by atoms with Crippen molar-refractivity contribution >= 4 is 11.9 Å². The Bertz CT molecular complexity index is 499. The molecule has 23 heavy (non-hydrogen) atoms. The molecule has 0 amide bonds. The number of carbonyl (C=O) groups is 2. The van der Waals surface area contributed by atoms with Gasteiger partial charge in [0.2, 0.25) is 0 Å². The van der Waals surface area contributed by atoms with Crippen LogP contribution in [0, 0.1) is 0 Å². The first-order chi connectivity index (χ1) is 11.2. The van der Waals surface area contributed by atoms with E-state index in [4.69, 9.17) is 9.47 Å². The maximum atomic E-state index is 12.2. The first kappa shape index (κ1) is 17.5. The van der Waals surface area contributed by atoms with Gasteiger partial charge in [0.05, 0.1) is 17.7 Å². The molecule has 1 aliphatic carbocycles. The van der Waals surface area contributed by atoms with Crippen molar-refractivity contribution in [1.82, 2.24) is 0 Å². The average Bonchev–Trinajstić information content (AvgIpc) is 2.84. The fraction of sp³-hybridized carbons (Fsp3) is 0.579. The van der Waals surface area contributed by atoms with E-state index in [1.54, 1.807) is 24.3 Å². The van der Waals surface area contributed by atoms with E-state index >= 15 is 0 Å². The highest BCUT2D eigenvalue weighted by atomic mass is 16.5. The summed E-state index contributed by atoms with van der Waals surface area (Å²) in [4.78, 5) is 24.0. The van der Waals surface area contributed by atoms with Crippen LogP contribution in [0.4, 0.5) is 0 Å². The first-order valence-corrected chi connectivity index (χ1v) is 8.69. The summed E-state index contributed by atoms with van der Waals surface area (Å²) >= 11 is 0. The van der Waals surface area contributed by atoms with Gasteiger partial charge in [-0.2, -0.15) is 0 Å². The lowest BCUT2D eigenvalue weighted by molar-refractivity contribution is 0.0266. The zero-order valence-corrected chi connectivity index (χ0v) is 13.9. The Kier molecular flexibility index (Phi) is 7.11. The lowest BCUT2D eigenvalue weighted by atomic mass is 10.1. The van der Waals surface area contributed by atoms with E-state index in [1.165, 1.54) is 12.8 Å². The quantitative estimate of drug-likeness (QED) is 0.439. The third-order valence-electron chi connectivity index (χ3n) is 4.16. The Labute approximate surface area is 138 Å². The molecule has 1 aromatic carbocycles. The highest BCUT2D eigenvalue weighted by molar-refractivity contribution is 5.93. The lowest BCUT2D eigenvalue weighted by Gasteiger charge is -2.15. The molecule has 0 spiro atoms. The molecule has 0 aliphatic heterocycles.